The molecule has 3 aromatic carbocycles. The van der Waals surface area contributed by atoms with Gasteiger partial charge < -0.3 is 9.47 Å². The van der Waals surface area contributed by atoms with E-state index < -0.39 is 15.8 Å². The van der Waals surface area contributed by atoms with Crippen molar-refractivity contribution in [3.05, 3.63) is 84.2 Å². The van der Waals surface area contributed by atoms with Crippen molar-refractivity contribution in [1.29, 1.82) is 0 Å². The minimum Gasteiger partial charge on any atom is -0.454 e. The summed E-state index contributed by atoms with van der Waals surface area (Å²) in [5.74, 6) is 0.640. The van der Waals surface area contributed by atoms with Crippen molar-refractivity contribution in [1.82, 2.24) is 4.90 Å². The lowest BCUT2D eigenvalue weighted by Crippen LogP contribution is -2.47. The van der Waals surface area contributed by atoms with E-state index in [9.17, 15) is 12.8 Å². The summed E-state index contributed by atoms with van der Waals surface area (Å²) in [6.45, 7) is 2.50. The van der Waals surface area contributed by atoms with Crippen LogP contribution in [0, 0.1) is 5.82 Å². The summed E-state index contributed by atoms with van der Waals surface area (Å²) in [4.78, 5) is 2.40. The van der Waals surface area contributed by atoms with Crippen molar-refractivity contribution < 1.29 is 22.3 Å². The van der Waals surface area contributed by atoms with Crippen LogP contribution in [0.3, 0.4) is 0 Å². The van der Waals surface area contributed by atoms with Crippen molar-refractivity contribution in [2.24, 2.45) is 0 Å². The molecule has 0 unspecified atom stereocenters. The Morgan fingerprint density at radius 1 is 0.909 bits per heavy atom. The Balaban J connectivity index is 1.43. The molecule has 2 aliphatic heterocycles. The van der Waals surface area contributed by atoms with Gasteiger partial charge in [-0.05, 0) is 54.8 Å². The maximum Gasteiger partial charge on any atom is 0.264 e. The lowest BCUT2D eigenvalue weighted by molar-refractivity contribution is 0.174. The number of nitrogens with zero attached hydrogens (tertiary/aromatic N) is 2. The minimum absolute atomic E-state index is 0.0632. The molecule has 0 aromatic heterocycles. The third-order valence-electron chi connectivity index (χ3n) is 6.12. The van der Waals surface area contributed by atoms with E-state index in [0.29, 0.717) is 30.0 Å². The molecular formula is C25H25FN2O4S. The topological polar surface area (TPSA) is 59.1 Å². The molecule has 0 amide bonds. The number of anilines is 1. The lowest BCUT2D eigenvalue weighted by atomic mass is 10.0. The highest BCUT2D eigenvalue weighted by Crippen LogP contribution is 2.39. The molecule has 0 saturated carbocycles. The molecule has 2 heterocycles. The molecule has 1 saturated heterocycles. The first-order valence-electron chi connectivity index (χ1n) is 11.0. The summed E-state index contributed by atoms with van der Waals surface area (Å²) < 4.78 is 53.3. The van der Waals surface area contributed by atoms with Gasteiger partial charge >= 0.3 is 0 Å². The first-order chi connectivity index (χ1) is 16.0. The number of likely N-dealkylation sites (tertiary alicyclic amines) is 1. The summed E-state index contributed by atoms with van der Waals surface area (Å²) in [6.07, 6.45) is 1.36. The van der Waals surface area contributed by atoms with Crippen molar-refractivity contribution in [2.45, 2.75) is 30.3 Å². The number of ether oxygens (including phenoxy) is 2. The van der Waals surface area contributed by atoms with Gasteiger partial charge in [-0.25, -0.2) is 12.8 Å². The quantitative estimate of drug-likeness (QED) is 0.536. The first-order valence-corrected chi connectivity index (χ1v) is 12.4. The van der Waals surface area contributed by atoms with Crippen LogP contribution in [-0.2, 0) is 16.6 Å². The summed E-state index contributed by atoms with van der Waals surface area (Å²) in [5, 5.41) is 0. The summed E-state index contributed by atoms with van der Waals surface area (Å²) in [6, 6.07) is 20.2. The number of hydrogen-bond acceptors (Lipinski definition) is 5. The van der Waals surface area contributed by atoms with Gasteiger partial charge in [0.15, 0.2) is 11.5 Å². The van der Waals surface area contributed by atoms with Crippen LogP contribution in [0.5, 0.6) is 11.5 Å². The van der Waals surface area contributed by atoms with Crippen LogP contribution in [-0.4, -0.2) is 39.2 Å². The van der Waals surface area contributed by atoms with Gasteiger partial charge in [-0.2, -0.15) is 0 Å². The highest BCUT2D eigenvalue weighted by molar-refractivity contribution is 7.92. The van der Waals surface area contributed by atoms with Gasteiger partial charge in [0.25, 0.3) is 10.0 Å². The van der Waals surface area contributed by atoms with E-state index in [2.05, 4.69) is 17.0 Å². The van der Waals surface area contributed by atoms with E-state index in [1.807, 2.05) is 18.2 Å². The number of benzene rings is 3. The summed E-state index contributed by atoms with van der Waals surface area (Å²) in [5.41, 5.74) is 1.76. The number of piperidine rings is 1. The van der Waals surface area contributed by atoms with E-state index >= 15 is 0 Å². The van der Waals surface area contributed by atoms with E-state index in [1.54, 1.807) is 18.2 Å². The average Bonchev–Trinajstić information content (AvgIpc) is 3.29. The molecule has 1 fully saturated rings. The van der Waals surface area contributed by atoms with Crippen molar-refractivity contribution >= 4 is 15.7 Å². The van der Waals surface area contributed by atoms with Gasteiger partial charge in [-0.1, -0.05) is 30.3 Å². The number of hydrogen-bond donors (Lipinski definition) is 0. The van der Waals surface area contributed by atoms with Gasteiger partial charge in [0.05, 0.1) is 10.6 Å². The fraction of sp³-hybridized carbons (Fsp3) is 0.280. The Morgan fingerprint density at radius 2 is 1.61 bits per heavy atom. The number of sulfonamides is 1. The Kier molecular flexibility index (Phi) is 5.95. The van der Waals surface area contributed by atoms with Crippen LogP contribution in [0.2, 0.25) is 0 Å². The average molecular weight is 469 g/mol. The van der Waals surface area contributed by atoms with E-state index in [-0.39, 0.29) is 17.7 Å². The first kappa shape index (κ1) is 21.7. The molecule has 5 rings (SSSR count). The second-order valence-corrected chi connectivity index (χ2v) is 10.1. The van der Waals surface area contributed by atoms with Crippen LogP contribution in [0.4, 0.5) is 10.1 Å². The maximum atomic E-state index is 13.7. The molecule has 0 N–H and O–H groups in total. The van der Waals surface area contributed by atoms with Crippen LogP contribution in [0.1, 0.15) is 18.4 Å². The highest BCUT2D eigenvalue weighted by Gasteiger charge is 2.35. The van der Waals surface area contributed by atoms with Crippen molar-refractivity contribution in [2.75, 3.05) is 24.2 Å². The second-order valence-electron chi connectivity index (χ2n) is 8.29. The zero-order chi connectivity index (χ0) is 22.8. The molecule has 3 aromatic rings. The Hall–Kier alpha value is -3.10. The smallest absolute Gasteiger partial charge is 0.264 e. The molecule has 172 valence electrons. The SMILES string of the molecule is O=S(=O)(c1ccc(F)cc1)N(c1ccc2c(c1)OCO2)C1CCN(Cc2ccccc2)CC1. The summed E-state index contributed by atoms with van der Waals surface area (Å²) in [7, 11) is -3.91. The number of rotatable bonds is 6. The minimum atomic E-state index is -3.91. The van der Waals surface area contributed by atoms with Gasteiger partial charge in [-0.15, -0.1) is 0 Å². The van der Waals surface area contributed by atoms with Crippen LogP contribution in [0.15, 0.2) is 77.7 Å². The Bertz CT molecular complexity index is 1210. The van der Waals surface area contributed by atoms with Gasteiger partial charge in [0.2, 0.25) is 6.79 Å². The molecule has 8 heteroatoms. The van der Waals surface area contributed by atoms with Crippen molar-refractivity contribution in [3.8, 4) is 11.5 Å². The highest BCUT2D eigenvalue weighted by atomic mass is 32.2. The molecule has 0 atom stereocenters. The molecule has 0 aliphatic carbocycles. The molecule has 33 heavy (non-hydrogen) atoms. The van der Waals surface area contributed by atoms with Gasteiger partial charge in [0.1, 0.15) is 5.82 Å². The van der Waals surface area contributed by atoms with Gasteiger partial charge in [0, 0.05) is 31.7 Å². The second kappa shape index (κ2) is 9.03. The molecule has 0 spiro atoms. The third-order valence-corrected chi connectivity index (χ3v) is 8.01. The number of fused-ring (bicyclic) bond motifs is 1. The van der Waals surface area contributed by atoms with Crippen molar-refractivity contribution in [3.63, 3.8) is 0 Å². The fourth-order valence-corrected chi connectivity index (χ4v) is 6.14. The molecule has 6 nitrogen and oxygen atoms in total. The summed E-state index contributed by atoms with van der Waals surface area (Å²) >= 11 is 0. The van der Waals surface area contributed by atoms with E-state index in [0.717, 1.165) is 19.6 Å². The Morgan fingerprint density at radius 3 is 2.33 bits per heavy atom. The Labute approximate surface area is 193 Å². The monoisotopic (exact) mass is 468 g/mol. The predicted octanol–water partition coefficient (Wildman–Crippen LogP) is 4.41. The van der Waals surface area contributed by atoms with Gasteiger partial charge in [-0.3, -0.25) is 9.21 Å². The number of halogens is 1. The maximum absolute atomic E-state index is 13.7. The largest absolute Gasteiger partial charge is 0.454 e. The van der Waals surface area contributed by atoms with E-state index in [1.165, 1.54) is 34.1 Å². The zero-order valence-electron chi connectivity index (χ0n) is 18.1. The lowest BCUT2D eigenvalue weighted by Gasteiger charge is -2.39. The molecule has 0 radical (unpaired) electrons. The van der Waals surface area contributed by atoms with E-state index in [4.69, 9.17) is 9.47 Å². The normalized spacial score (nSPS) is 16.6. The van der Waals surface area contributed by atoms with Crippen LogP contribution in [0.25, 0.3) is 0 Å². The molecular weight excluding hydrogens is 443 g/mol. The van der Waals surface area contributed by atoms with Crippen LogP contribution >= 0.6 is 0 Å². The zero-order valence-corrected chi connectivity index (χ0v) is 18.9. The predicted molar refractivity (Wildman–Crippen MR) is 123 cm³/mol. The van der Waals surface area contributed by atoms with Crippen LogP contribution < -0.4 is 13.8 Å². The molecule has 0 bridgehead atoms. The molecule has 2 aliphatic rings. The standard InChI is InChI=1S/C25H25FN2O4S/c26-20-6-9-23(10-7-20)33(29,30)28(22-8-11-24-25(16-22)32-18-31-24)21-12-14-27(15-13-21)17-19-4-2-1-3-5-19/h1-11,16,21H,12-15,17-18H2. The third kappa shape index (κ3) is 4.54. The fourth-order valence-electron chi connectivity index (χ4n) is 4.44.